The van der Waals surface area contributed by atoms with Crippen LogP contribution in [-0.2, 0) is 9.53 Å². The Morgan fingerprint density at radius 3 is 2.71 bits per heavy atom. The standard InChI is InChI=1S/C11H12Cl2O4/c1-7(14)11(15)17-5-4-16-10-3-2-8(12)6-9(10)13/h2-3,6-7,14H,4-5H2,1H3. The average Bonchev–Trinajstić information content (AvgIpc) is 2.26. The SMILES string of the molecule is CC(O)C(=O)OCCOc1ccc(Cl)cc1Cl. The molecule has 0 radical (unpaired) electrons. The van der Waals surface area contributed by atoms with Gasteiger partial charge in [0.2, 0.25) is 0 Å². The van der Waals surface area contributed by atoms with Gasteiger partial charge in [0.05, 0.1) is 5.02 Å². The van der Waals surface area contributed by atoms with Crippen LogP contribution in [0, 0.1) is 0 Å². The van der Waals surface area contributed by atoms with Crippen molar-refractivity contribution in [2.75, 3.05) is 13.2 Å². The Balaban J connectivity index is 2.34. The Hall–Kier alpha value is -0.970. The Morgan fingerprint density at radius 2 is 2.12 bits per heavy atom. The number of hydrogen-bond donors (Lipinski definition) is 1. The molecule has 1 N–H and O–H groups in total. The molecule has 0 aromatic heterocycles. The highest BCUT2D eigenvalue weighted by molar-refractivity contribution is 6.35. The number of carbonyl (C=O) groups is 1. The number of rotatable bonds is 5. The van der Waals surface area contributed by atoms with E-state index in [-0.39, 0.29) is 13.2 Å². The van der Waals surface area contributed by atoms with Crippen molar-refractivity contribution in [3.8, 4) is 5.75 Å². The second-order valence-electron chi connectivity index (χ2n) is 3.27. The molecule has 1 aromatic rings. The summed E-state index contributed by atoms with van der Waals surface area (Å²) >= 11 is 11.6. The Bertz CT molecular complexity index is 393. The summed E-state index contributed by atoms with van der Waals surface area (Å²) < 4.78 is 9.98. The number of aliphatic hydroxyl groups is 1. The monoisotopic (exact) mass is 278 g/mol. The molecule has 0 heterocycles. The number of halogens is 2. The fraction of sp³-hybridized carbons (Fsp3) is 0.364. The molecule has 4 nitrogen and oxygen atoms in total. The molecule has 17 heavy (non-hydrogen) atoms. The first kappa shape index (κ1) is 14.1. The van der Waals surface area contributed by atoms with Gasteiger partial charge in [-0.25, -0.2) is 4.79 Å². The minimum atomic E-state index is -1.13. The van der Waals surface area contributed by atoms with E-state index < -0.39 is 12.1 Å². The van der Waals surface area contributed by atoms with Crippen LogP contribution in [-0.4, -0.2) is 30.4 Å². The molecule has 1 atom stereocenters. The summed E-state index contributed by atoms with van der Waals surface area (Å²) in [7, 11) is 0. The molecular weight excluding hydrogens is 267 g/mol. The van der Waals surface area contributed by atoms with Gasteiger partial charge in [0, 0.05) is 5.02 Å². The van der Waals surface area contributed by atoms with Crippen LogP contribution in [0.5, 0.6) is 5.75 Å². The van der Waals surface area contributed by atoms with Gasteiger partial charge >= 0.3 is 5.97 Å². The molecule has 0 saturated carbocycles. The van der Waals surface area contributed by atoms with Gasteiger partial charge < -0.3 is 14.6 Å². The van der Waals surface area contributed by atoms with Crippen molar-refractivity contribution in [3.05, 3.63) is 28.2 Å². The lowest BCUT2D eigenvalue weighted by molar-refractivity contribution is -0.153. The highest BCUT2D eigenvalue weighted by Gasteiger charge is 2.09. The quantitative estimate of drug-likeness (QED) is 0.663. The maximum Gasteiger partial charge on any atom is 0.334 e. The van der Waals surface area contributed by atoms with E-state index in [2.05, 4.69) is 0 Å². The summed E-state index contributed by atoms with van der Waals surface area (Å²) in [4.78, 5) is 10.9. The normalized spacial score (nSPS) is 12.0. The third-order valence-electron chi connectivity index (χ3n) is 1.82. The Morgan fingerprint density at radius 1 is 1.41 bits per heavy atom. The molecule has 0 spiro atoms. The Kier molecular flexibility index (Phi) is 5.55. The predicted octanol–water partition coefficient (Wildman–Crippen LogP) is 2.30. The summed E-state index contributed by atoms with van der Waals surface area (Å²) in [5.41, 5.74) is 0. The highest BCUT2D eigenvalue weighted by Crippen LogP contribution is 2.27. The van der Waals surface area contributed by atoms with Crippen LogP contribution < -0.4 is 4.74 Å². The van der Waals surface area contributed by atoms with Gasteiger partial charge in [-0.2, -0.15) is 0 Å². The number of hydrogen-bond acceptors (Lipinski definition) is 4. The highest BCUT2D eigenvalue weighted by atomic mass is 35.5. The van der Waals surface area contributed by atoms with Crippen LogP contribution in [0.2, 0.25) is 10.0 Å². The lowest BCUT2D eigenvalue weighted by atomic mass is 10.3. The molecule has 1 unspecified atom stereocenters. The van der Waals surface area contributed by atoms with E-state index in [4.69, 9.17) is 37.8 Å². The van der Waals surface area contributed by atoms with Gasteiger partial charge in [0.25, 0.3) is 0 Å². The molecule has 1 rings (SSSR count). The number of benzene rings is 1. The maximum atomic E-state index is 10.9. The molecule has 0 fully saturated rings. The summed E-state index contributed by atoms with van der Waals surface area (Å²) in [6.45, 7) is 1.53. The largest absolute Gasteiger partial charge is 0.488 e. The fourth-order valence-corrected chi connectivity index (χ4v) is 1.47. The van der Waals surface area contributed by atoms with Crippen molar-refractivity contribution in [1.82, 2.24) is 0 Å². The molecule has 0 saturated heterocycles. The lowest BCUT2D eigenvalue weighted by Gasteiger charge is -2.09. The molecule has 6 heteroatoms. The first-order chi connectivity index (χ1) is 8.00. The molecule has 1 aromatic carbocycles. The average molecular weight is 279 g/mol. The van der Waals surface area contributed by atoms with Gasteiger partial charge in [-0.3, -0.25) is 0 Å². The van der Waals surface area contributed by atoms with E-state index in [1.807, 2.05) is 0 Å². The van der Waals surface area contributed by atoms with Gasteiger partial charge in [0.15, 0.2) is 0 Å². The van der Waals surface area contributed by atoms with Crippen molar-refractivity contribution in [3.63, 3.8) is 0 Å². The predicted molar refractivity (Wildman–Crippen MR) is 64.6 cm³/mol. The van der Waals surface area contributed by atoms with Crippen LogP contribution >= 0.6 is 23.2 Å². The minimum Gasteiger partial charge on any atom is -0.488 e. The van der Waals surface area contributed by atoms with Crippen LogP contribution in [0.3, 0.4) is 0 Å². The smallest absolute Gasteiger partial charge is 0.334 e. The van der Waals surface area contributed by atoms with Crippen molar-refractivity contribution in [2.45, 2.75) is 13.0 Å². The third-order valence-corrected chi connectivity index (χ3v) is 2.35. The second-order valence-corrected chi connectivity index (χ2v) is 4.11. The van der Waals surface area contributed by atoms with E-state index in [0.717, 1.165) is 0 Å². The van der Waals surface area contributed by atoms with Crippen LogP contribution in [0.4, 0.5) is 0 Å². The van der Waals surface area contributed by atoms with Gasteiger partial charge in [-0.1, -0.05) is 23.2 Å². The molecule has 0 bridgehead atoms. The van der Waals surface area contributed by atoms with Crippen molar-refractivity contribution in [1.29, 1.82) is 0 Å². The second kappa shape index (κ2) is 6.69. The number of ether oxygens (including phenoxy) is 2. The summed E-state index contributed by atoms with van der Waals surface area (Å²) in [5, 5.41) is 9.77. The van der Waals surface area contributed by atoms with Crippen LogP contribution in [0.25, 0.3) is 0 Å². The lowest BCUT2D eigenvalue weighted by Crippen LogP contribution is -2.21. The zero-order valence-electron chi connectivity index (χ0n) is 9.15. The van der Waals surface area contributed by atoms with E-state index in [1.165, 1.54) is 6.92 Å². The molecule has 94 valence electrons. The molecular formula is C11H12Cl2O4. The maximum absolute atomic E-state index is 10.9. The van der Waals surface area contributed by atoms with E-state index in [0.29, 0.717) is 15.8 Å². The van der Waals surface area contributed by atoms with Crippen molar-refractivity contribution >= 4 is 29.2 Å². The summed E-state index contributed by atoms with van der Waals surface area (Å²) in [6, 6.07) is 4.83. The van der Waals surface area contributed by atoms with Crippen molar-refractivity contribution < 1.29 is 19.4 Å². The minimum absolute atomic E-state index is 0.0443. The van der Waals surface area contributed by atoms with Crippen LogP contribution in [0.1, 0.15) is 6.92 Å². The number of carbonyl (C=O) groups excluding carboxylic acids is 1. The molecule has 0 aliphatic carbocycles. The summed E-state index contributed by atoms with van der Waals surface area (Å²) in [6.07, 6.45) is -1.13. The van der Waals surface area contributed by atoms with Gasteiger partial charge in [-0.05, 0) is 25.1 Å². The van der Waals surface area contributed by atoms with E-state index >= 15 is 0 Å². The molecule has 0 aliphatic heterocycles. The van der Waals surface area contributed by atoms with Gasteiger partial charge in [0.1, 0.15) is 25.1 Å². The zero-order chi connectivity index (χ0) is 12.8. The third kappa shape index (κ3) is 4.81. The van der Waals surface area contributed by atoms with Crippen molar-refractivity contribution in [2.24, 2.45) is 0 Å². The fourth-order valence-electron chi connectivity index (χ4n) is 1.01. The molecule has 0 amide bonds. The zero-order valence-corrected chi connectivity index (χ0v) is 10.7. The van der Waals surface area contributed by atoms with Gasteiger partial charge in [-0.15, -0.1) is 0 Å². The Labute approximate surface area is 109 Å². The van der Waals surface area contributed by atoms with Crippen LogP contribution in [0.15, 0.2) is 18.2 Å². The van der Waals surface area contributed by atoms with E-state index in [9.17, 15) is 4.79 Å². The first-order valence-corrected chi connectivity index (χ1v) is 5.69. The van der Waals surface area contributed by atoms with E-state index in [1.54, 1.807) is 18.2 Å². The summed E-state index contributed by atoms with van der Waals surface area (Å²) in [5.74, 6) is -0.222. The topological polar surface area (TPSA) is 55.8 Å². The molecule has 0 aliphatic rings. The first-order valence-electron chi connectivity index (χ1n) is 4.93. The number of esters is 1. The number of aliphatic hydroxyl groups excluding tert-OH is 1.